The van der Waals surface area contributed by atoms with Gasteiger partial charge in [-0.1, -0.05) is 6.92 Å². The lowest BCUT2D eigenvalue weighted by atomic mass is 9.99. The second kappa shape index (κ2) is 6.41. The van der Waals surface area contributed by atoms with Gasteiger partial charge in [-0.25, -0.2) is 8.78 Å². The van der Waals surface area contributed by atoms with E-state index in [0.29, 0.717) is 12.2 Å². The van der Waals surface area contributed by atoms with Crippen LogP contribution >= 0.6 is 0 Å². The van der Waals surface area contributed by atoms with Crippen LogP contribution in [0.5, 0.6) is 0 Å². The molecule has 1 aromatic carbocycles. The zero-order valence-electron chi connectivity index (χ0n) is 11.3. The van der Waals surface area contributed by atoms with Crippen LogP contribution in [0.1, 0.15) is 18.5 Å². The molecule has 106 valence electrons. The van der Waals surface area contributed by atoms with Crippen LogP contribution in [0, 0.1) is 11.6 Å². The van der Waals surface area contributed by atoms with Crippen LogP contribution in [0.25, 0.3) is 0 Å². The normalized spacial score (nSPS) is 22.4. The Balaban J connectivity index is 2.18. The molecule has 1 saturated heterocycles. The van der Waals surface area contributed by atoms with Crippen LogP contribution in [0.3, 0.4) is 0 Å². The second-order valence-corrected chi connectivity index (χ2v) is 4.77. The average molecular weight is 270 g/mol. The predicted molar refractivity (Wildman–Crippen MR) is 70.0 cm³/mol. The van der Waals surface area contributed by atoms with Gasteiger partial charge in [0.05, 0.1) is 18.8 Å². The number of likely N-dealkylation sites (N-methyl/N-ethyl adjacent to an activating group) is 2. The maximum absolute atomic E-state index is 13.3. The molecule has 1 aromatic rings. The van der Waals surface area contributed by atoms with Crippen molar-refractivity contribution in [2.45, 2.75) is 19.1 Å². The summed E-state index contributed by atoms with van der Waals surface area (Å²) >= 11 is 0. The van der Waals surface area contributed by atoms with E-state index >= 15 is 0 Å². The van der Waals surface area contributed by atoms with Gasteiger partial charge in [0.2, 0.25) is 0 Å². The van der Waals surface area contributed by atoms with Gasteiger partial charge >= 0.3 is 0 Å². The Hall–Kier alpha value is -1.04. The first-order valence-corrected chi connectivity index (χ1v) is 6.61. The highest BCUT2D eigenvalue weighted by atomic mass is 19.1. The summed E-state index contributed by atoms with van der Waals surface area (Å²) in [5.41, 5.74) is 0.586. The lowest BCUT2D eigenvalue weighted by Crippen LogP contribution is -2.47. The van der Waals surface area contributed by atoms with Gasteiger partial charge in [0.15, 0.2) is 0 Å². The third-order valence-corrected chi connectivity index (χ3v) is 3.55. The summed E-state index contributed by atoms with van der Waals surface area (Å²) in [5.74, 6) is -1.11. The van der Waals surface area contributed by atoms with Crippen LogP contribution in [0.2, 0.25) is 0 Å². The fourth-order valence-corrected chi connectivity index (χ4v) is 2.54. The Morgan fingerprint density at radius 3 is 2.63 bits per heavy atom. The van der Waals surface area contributed by atoms with Crippen molar-refractivity contribution in [3.63, 3.8) is 0 Å². The predicted octanol–water partition coefficient (Wildman–Crippen LogP) is 1.95. The molecule has 0 radical (unpaired) electrons. The average Bonchev–Trinajstić information content (AvgIpc) is 2.39. The smallest absolute Gasteiger partial charge is 0.126 e. The summed E-state index contributed by atoms with van der Waals surface area (Å²) in [7, 11) is 1.78. The number of morpholine rings is 1. The first-order chi connectivity index (χ1) is 9.13. The number of hydrogen-bond acceptors (Lipinski definition) is 3. The Morgan fingerprint density at radius 1 is 1.37 bits per heavy atom. The number of benzene rings is 1. The molecule has 2 rings (SSSR count). The number of nitrogens with zero attached hydrogens (tertiary/aromatic N) is 1. The molecule has 3 nitrogen and oxygen atoms in total. The van der Waals surface area contributed by atoms with Crippen molar-refractivity contribution in [1.82, 2.24) is 10.2 Å². The van der Waals surface area contributed by atoms with E-state index < -0.39 is 11.6 Å². The van der Waals surface area contributed by atoms with Crippen LogP contribution < -0.4 is 5.32 Å². The fraction of sp³-hybridized carbons (Fsp3) is 0.571. The Labute approximate surface area is 112 Å². The molecule has 0 spiro atoms. The number of ether oxygens (including phenoxy) is 1. The molecule has 1 aliphatic heterocycles. The van der Waals surface area contributed by atoms with Gasteiger partial charge < -0.3 is 10.1 Å². The standard InChI is InChI=1S/C14H20F2N2O/c1-3-18-4-5-19-13(9-18)14(17-2)10-6-11(15)8-12(16)7-10/h6-8,13-14,17H,3-5,9H2,1-2H3. The van der Waals surface area contributed by atoms with E-state index in [-0.39, 0.29) is 12.1 Å². The van der Waals surface area contributed by atoms with E-state index in [1.54, 1.807) is 7.05 Å². The van der Waals surface area contributed by atoms with Gasteiger partial charge in [0.1, 0.15) is 11.6 Å². The zero-order chi connectivity index (χ0) is 13.8. The summed E-state index contributed by atoms with van der Waals surface area (Å²) < 4.78 is 32.4. The van der Waals surface area contributed by atoms with E-state index in [1.165, 1.54) is 12.1 Å². The van der Waals surface area contributed by atoms with E-state index in [0.717, 1.165) is 25.7 Å². The third-order valence-electron chi connectivity index (χ3n) is 3.55. The van der Waals surface area contributed by atoms with Crippen molar-refractivity contribution in [3.05, 3.63) is 35.4 Å². The molecule has 0 bridgehead atoms. The van der Waals surface area contributed by atoms with E-state index in [1.807, 2.05) is 0 Å². The molecule has 19 heavy (non-hydrogen) atoms. The van der Waals surface area contributed by atoms with Crippen LogP contribution in [0.15, 0.2) is 18.2 Å². The summed E-state index contributed by atoms with van der Waals surface area (Å²) in [5, 5.41) is 3.10. The van der Waals surface area contributed by atoms with Crippen molar-refractivity contribution in [1.29, 1.82) is 0 Å². The molecular formula is C14H20F2N2O. The van der Waals surface area contributed by atoms with Crippen molar-refractivity contribution in [2.75, 3.05) is 33.3 Å². The van der Waals surface area contributed by atoms with E-state index in [2.05, 4.69) is 17.1 Å². The monoisotopic (exact) mass is 270 g/mol. The SMILES string of the molecule is CCN1CCOC(C(NC)c2cc(F)cc(F)c2)C1. The molecule has 0 aromatic heterocycles. The Bertz CT molecular complexity index is 408. The van der Waals surface area contributed by atoms with Gasteiger partial charge in [-0.15, -0.1) is 0 Å². The maximum atomic E-state index is 13.3. The highest BCUT2D eigenvalue weighted by Gasteiger charge is 2.28. The number of halogens is 2. The number of hydrogen-bond donors (Lipinski definition) is 1. The quantitative estimate of drug-likeness (QED) is 0.905. The minimum atomic E-state index is -0.557. The minimum Gasteiger partial charge on any atom is -0.374 e. The first-order valence-electron chi connectivity index (χ1n) is 6.61. The molecule has 2 atom stereocenters. The molecule has 1 N–H and O–H groups in total. The van der Waals surface area contributed by atoms with E-state index in [4.69, 9.17) is 4.74 Å². The van der Waals surface area contributed by atoms with Crippen molar-refractivity contribution >= 4 is 0 Å². The zero-order valence-corrected chi connectivity index (χ0v) is 11.3. The minimum absolute atomic E-state index is 0.0973. The molecular weight excluding hydrogens is 250 g/mol. The van der Waals surface area contributed by atoms with Crippen LogP contribution in [-0.4, -0.2) is 44.3 Å². The molecule has 0 saturated carbocycles. The third kappa shape index (κ3) is 3.49. The maximum Gasteiger partial charge on any atom is 0.126 e. The molecule has 2 unspecified atom stereocenters. The summed E-state index contributed by atoms with van der Waals surface area (Å²) in [6, 6.07) is 3.40. The first kappa shape index (κ1) is 14.4. The highest BCUT2D eigenvalue weighted by Crippen LogP contribution is 2.23. The van der Waals surface area contributed by atoms with Gasteiger partial charge in [0.25, 0.3) is 0 Å². The molecule has 0 amide bonds. The van der Waals surface area contributed by atoms with Gasteiger partial charge in [-0.05, 0) is 31.3 Å². The fourth-order valence-electron chi connectivity index (χ4n) is 2.54. The van der Waals surface area contributed by atoms with Crippen LogP contribution in [-0.2, 0) is 4.74 Å². The Morgan fingerprint density at radius 2 is 2.05 bits per heavy atom. The van der Waals surface area contributed by atoms with Crippen molar-refractivity contribution in [2.24, 2.45) is 0 Å². The van der Waals surface area contributed by atoms with Gasteiger partial charge in [-0.3, -0.25) is 4.90 Å². The van der Waals surface area contributed by atoms with Gasteiger partial charge in [-0.2, -0.15) is 0 Å². The number of nitrogens with one attached hydrogen (secondary N) is 1. The largest absolute Gasteiger partial charge is 0.374 e. The van der Waals surface area contributed by atoms with Gasteiger partial charge in [0, 0.05) is 19.2 Å². The molecule has 1 heterocycles. The number of rotatable bonds is 4. The lowest BCUT2D eigenvalue weighted by molar-refractivity contribution is -0.0445. The summed E-state index contributed by atoms with van der Waals surface area (Å²) in [6.07, 6.45) is -0.0973. The van der Waals surface area contributed by atoms with Crippen molar-refractivity contribution in [3.8, 4) is 0 Å². The lowest BCUT2D eigenvalue weighted by Gasteiger charge is -2.36. The van der Waals surface area contributed by atoms with E-state index in [9.17, 15) is 8.78 Å². The summed E-state index contributed by atoms with van der Waals surface area (Å²) in [6.45, 7) is 5.36. The summed E-state index contributed by atoms with van der Waals surface area (Å²) in [4.78, 5) is 2.27. The van der Waals surface area contributed by atoms with Crippen molar-refractivity contribution < 1.29 is 13.5 Å². The molecule has 5 heteroatoms. The Kier molecular flexibility index (Phi) is 4.85. The molecule has 1 aliphatic rings. The van der Waals surface area contributed by atoms with Crippen LogP contribution in [0.4, 0.5) is 8.78 Å². The second-order valence-electron chi connectivity index (χ2n) is 4.77. The molecule has 0 aliphatic carbocycles. The molecule has 1 fully saturated rings. The topological polar surface area (TPSA) is 24.5 Å². The highest BCUT2D eigenvalue weighted by molar-refractivity contribution is 5.22.